The number of ether oxygens (including phenoxy) is 3. The second-order valence-corrected chi connectivity index (χ2v) is 6.64. The van der Waals surface area contributed by atoms with E-state index in [0.717, 1.165) is 0 Å². The van der Waals surface area contributed by atoms with Crippen molar-refractivity contribution >= 4 is 16.9 Å². The fraction of sp³-hybridized carbons (Fsp3) is 0.529. The van der Waals surface area contributed by atoms with Gasteiger partial charge in [-0.1, -0.05) is 5.92 Å². The van der Waals surface area contributed by atoms with Crippen molar-refractivity contribution in [3.8, 4) is 11.8 Å². The van der Waals surface area contributed by atoms with Crippen LogP contribution in [-0.2, 0) is 14.2 Å². The van der Waals surface area contributed by atoms with E-state index in [1.165, 1.54) is 6.33 Å². The van der Waals surface area contributed by atoms with Gasteiger partial charge in [-0.2, -0.15) is 0 Å². The topological polar surface area (TPSA) is 105 Å². The van der Waals surface area contributed by atoms with E-state index in [-0.39, 0.29) is 6.61 Å². The van der Waals surface area contributed by atoms with Gasteiger partial charge in [0, 0.05) is 6.20 Å². The van der Waals surface area contributed by atoms with E-state index in [0.29, 0.717) is 16.9 Å². The van der Waals surface area contributed by atoms with Crippen molar-refractivity contribution < 1.29 is 19.3 Å². The van der Waals surface area contributed by atoms with Gasteiger partial charge in [0.2, 0.25) is 5.60 Å². The molecule has 0 aromatic carbocycles. The molecule has 8 heteroatoms. The van der Waals surface area contributed by atoms with Gasteiger partial charge >= 0.3 is 0 Å². The van der Waals surface area contributed by atoms with Crippen LogP contribution in [0.25, 0.3) is 11.0 Å². The third kappa shape index (κ3) is 2.24. The van der Waals surface area contributed by atoms with Gasteiger partial charge in [-0.05, 0) is 26.8 Å². The number of hydrogen-bond acceptors (Lipinski definition) is 7. The van der Waals surface area contributed by atoms with E-state index >= 15 is 0 Å². The standard InChI is InChI=1S/C17H20N4O4/c1-4-6-17-12(24-16(2,3)25-17)11(8-22)23-15(17)21-7-5-10-13(18)19-9-20-14(10)21/h5,7,9,11-12,15,22H,8H2,1-3H3,(H2,18,19,20)/t11-,12-,15-,17-/m1/s1. The first kappa shape index (κ1) is 16.3. The number of hydrogen-bond donors (Lipinski definition) is 2. The number of fused-ring (bicyclic) bond motifs is 2. The second kappa shape index (κ2) is 5.41. The molecule has 25 heavy (non-hydrogen) atoms. The lowest BCUT2D eigenvalue weighted by Gasteiger charge is -2.29. The third-order valence-corrected chi connectivity index (χ3v) is 4.55. The van der Waals surface area contributed by atoms with E-state index in [9.17, 15) is 5.11 Å². The Morgan fingerprint density at radius 1 is 1.40 bits per heavy atom. The van der Waals surface area contributed by atoms with Gasteiger partial charge in [0.1, 0.15) is 30.0 Å². The number of nitrogens with zero attached hydrogens (tertiary/aromatic N) is 3. The summed E-state index contributed by atoms with van der Waals surface area (Å²) < 4.78 is 20.1. The summed E-state index contributed by atoms with van der Waals surface area (Å²) in [4.78, 5) is 8.33. The first-order chi connectivity index (χ1) is 11.9. The maximum Gasteiger partial charge on any atom is 0.205 e. The summed E-state index contributed by atoms with van der Waals surface area (Å²) in [5.74, 6) is 5.59. The van der Waals surface area contributed by atoms with E-state index in [1.807, 2.05) is 30.7 Å². The Balaban J connectivity index is 1.90. The summed E-state index contributed by atoms with van der Waals surface area (Å²) in [6, 6.07) is 1.82. The molecule has 2 fully saturated rings. The van der Waals surface area contributed by atoms with Crippen molar-refractivity contribution in [2.45, 2.75) is 50.6 Å². The van der Waals surface area contributed by atoms with Crippen LogP contribution in [0.2, 0.25) is 0 Å². The zero-order valence-electron chi connectivity index (χ0n) is 14.3. The van der Waals surface area contributed by atoms with Crippen LogP contribution >= 0.6 is 0 Å². The van der Waals surface area contributed by atoms with Crippen molar-refractivity contribution in [1.82, 2.24) is 14.5 Å². The molecule has 2 aliphatic heterocycles. The summed E-state index contributed by atoms with van der Waals surface area (Å²) in [6.07, 6.45) is 1.48. The molecule has 4 heterocycles. The van der Waals surface area contributed by atoms with Gasteiger partial charge in [0.15, 0.2) is 12.0 Å². The molecule has 2 aliphatic rings. The molecule has 0 unspecified atom stereocenters. The number of anilines is 1. The zero-order chi connectivity index (χ0) is 17.8. The van der Waals surface area contributed by atoms with Crippen LogP contribution < -0.4 is 5.73 Å². The normalized spacial score (nSPS) is 33.2. The fourth-order valence-corrected chi connectivity index (χ4v) is 3.71. The van der Waals surface area contributed by atoms with Gasteiger partial charge in [-0.25, -0.2) is 9.97 Å². The number of nitrogen functional groups attached to an aromatic ring is 1. The number of aliphatic hydroxyl groups is 1. The van der Waals surface area contributed by atoms with E-state index in [2.05, 4.69) is 21.8 Å². The van der Waals surface area contributed by atoms with Crippen LogP contribution in [0.4, 0.5) is 5.82 Å². The Bertz CT molecular complexity index is 884. The molecule has 2 aromatic rings. The Morgan fingerprint density at radius 3 is 2.92 bits per heavy atom. The SMILES string of the molecule is CC#C[C@@]12OC(C)(C)O[C@@H]1[C@@H](CO)O[C@H]2n1ccc2c(N)ncnc21. The largest absolute Gasteiger partial charge is 0.394 e. The molecule has 0 amide bonds. The highest BCUT2D eigenvalue weighted by Crippen LogP contribution is 2.51. The number of aliphatic hydroxyl groups excluding tert-OH is 1. The van der Waals surface area contributed by atoms with Gasteiger partial charge in [0.25, 0.3) is 0 Å². The summed E-state index contributed by atoms with van der Waals surface area (Å²) in [5, 5.41) is 10.5. The molecular formula is C17H20N4O4. The minimum Gasteiger partial charge on any atom is -0.394 e. The molecule has 8 nitrogen and oxygen atoms in total. The molecule has 4 atom stereocenters. The average molecular weight is 344 g/mol. The van der Waals surface area contributed by atoms with Crippen LogP contribution in [0, 0.1) is 11.8 Å². The lowest BCUT2D eigenvalue weighted by atomic mass is 9.94. The molecule has 0 saturated carbocycles. The molecule has 4 rings (SSSR count). The lowest BCUT2D eigenvalue weighted by molar-refractivity contribution is -0.210. The highest BCUT2D eigenvalue weighted by atomic mass is 16.8. The number of aromatic nitrogens is 3. The molecule has 132 valence electrons. The summed E-state index contributed by atoms with van der Waals surface area (Å²) in [6.45, 7) is 5.18. The second-order valence-electron chi connectivity index (χ2n) is 6.64. The molecule has 2 saturated heterocycles. The molecular weight excluding hydrogens is 324 g/mol. The number of rotatable bonds is 2. The Hall–Kier alpha value is -2.18. The van der Waals surface area contributed by atoms with Gasteiger partial charge in [0.05, 0.1) is 12.0 Å². The Morgan fingerprint density at radius 2 is 2.20 bits per heavy atom. The van der Waals surface area contributed by atoms with Crippen LogP contribution in [-0.4, -0.2) is 49.8 Å². The molecule has 3 N–H and O–H groups in total. The highest BCUT2D eigenvalue weighted by molar-refractivity contribution is 5.86. The van der Waals surface area contributed by atoms with Crippen molar-refractivity contribution in [3.05, 3.63) is 18.6 Å². The molecule has 0 bridgehead atoms. The van der Waals surface area contributed by atoms with E-state index < -0.39 is 29.8 Å². The van der Waals surface area contributed by atoms with Crippen molar-refractivity contribution in [2.24, 2.45) is 0 Å². The summed E-state index contributed by atoms with van der Waals surface area (Å²) in [7, 11) is 0. The van der Waals surface area contributed by atoms with Crippen LogP contribution in [0.5, 0.6) is 0 Å². The fourth-order valence-electron chi connectivity index (χ4n) is 3.71. The highest BCUT2D eigenvalue weighted by Gasteiger charge is 2.66. The van der Waals surface area contributed by atoms with Crippen molar-refractivity contribution in [2.75, 3.05) is 12.3 Å². The van der Waals surface area contributed by atoms with Crippen LogP contribution in [0.3, 0.4) is 0 Å². The molecule has 0 radical (unpaired) electrons. The smallest absolute Gasteiger partial charge is 0.205 e. The van der Waals surface area contributed by atoms with Gasteiger partial charge in [-0.15, -0.1) is 5.92 Å². The first-order valence-electron chi connectivity index (χ1n) is 8.07. The Labute approximate surface area is 144 Å². The zero-order valence-corrected chi connectivity index (χ0v) is 14.3. The average Bonchev–Trinajstić information content (AvgIpc) is 3.16. The third-order valence-electron chi connectivity index (χ3n) is 4.55. The van der Waals surface area contributed by atoms with E-state index in [1.54, 1.807) is 6.92 Å². The minimum absolute atomic E-state index is 0.204. The van der Waals surface area contributed by atoms with Gasteiger partial charge in [-0.3, -0.25) is 0 Å². The van der Waals surface area contributed by atoms with Crippen molar-refractivity contribution in [3.63, 3.8) is 0 Å². The maximum atomic E-state index is 9.78. The lowest BCUT2D eigenvalue weighted by Crippen LogP contribution is -2.44. The van der Waals surface area contributed by atoms with Crippen LogP contribution in [0.15, 0.2) is 18.6 Å². The van der Waals surface area contributed by atoms with Gasteiger partial charge < -0.3 is 29.6 Å². The maximum absolute atomic E-state index is 9.78. The molecule has 0 aliphatic carbocycles. The quantitative estimate of drug-likeness (QED) is 0.777. The summed E-state index contributed by atoms with van der Waals surface area (Å²) >= 11 is 0. The molecule has 2 aromatic heterocycles. The predicted octanol–water partition coefficient (Wildman–Crippen LogP) is 0.817. The monoisotopic (exact) mass is 344 g/mol. The van der Waals surface area contributed by atoms with Crippen LogP contribution in [0.1, 0.15) is 27.0 Å². The Kier molecular flexibility index (Phi) is 3.53. The predicted molar refractivity (Wildman–Crippen MR) is 89.2 cm³/mol. The first-order valence-corrected chi connectivity index (χ1v) is 8.07. The number of nitrogens with two attached hydrogens (primary N) is 1. The molecule has 0 spiro atoms. The van der Waals surface area contributed by atoms with Crippen molar-refractivity contribution in [1.29, 1.82) is 0 Å². The van der Waals surface area contributed by atoms with E-state index in [4.69, 9.17) is 19.9 Å². The minimum atomic E-state index is -1.06. The summed E-state index contributed by atoms with van der Waals surface area (Å²) in [5.41, 5.74) is 5.49.